The summed E-state index contributed by atoms with van der Waals surface area (Å²) in [5.41, 5.74) is 3.36. The Labute approximate surface area is 112 Å². The minimum Gasteiger partial charge on any atom is -0.378 e. The Kier molecular flexibility index (Phi) is 3.22. The first-order valence-electron chi connectivity index (χ1n) is 6.41. The lowest BCUT2D eigenvalue weighted by Crippen LogP contribution is -2.22. The average molecular weight is 257 g/mol. The van der Waals surface area contributed by atoms with Crippen LogP contribution in [-0.2, 0) is 4.74 Å². The highest BCUT2D eigenvalue weighted by molar-refractivity contribution is 5.56. The van der Waals surface area contributed by atoms with E-state index in [1.165, 1.54) is 17.7 Å². The van der Waals surface area contributed by atoms with Crippen molar-refractivity contribution in [1.29, 1.82) is 0 Å². The Hall–Kier alpha value is -1.87. The van der Waals surface area contributed by atoms with Gasteiger partial charge in [-0.25, -0.2) is 4.39 Å². The third kappa shape index (κ3) is 2.34. The van der Waals surface area contributed by atoms with E-state index in [0.29, 0.717) is 0 Å². The average Bonchev–Trinajstić information content (AvgIpc) is 2.47. The largest absolute Gasteiger partial charge is 0.378 e. The maximum atomic E-state index is 13.0. The predicted octanol–water partition coefficient (Wildman–Crippen LogP) is 4.07. The predicted molar refractivity (Wildman–Crippen MR) is 73.6 cm³/mol. The second-order valence-electron chi connectivity index (χ2n) is 4.80. The summed E-state index contributed by atoms with van der Waals surface area (Å²) in [5, 5.41) is 3.49. The zero-order valence-electron chi connectivity index (χ0n) is 10.8. The number of nitrogens with one attached hydrogen (secondary N) is 1. The molecule has 1 aliphatic heterocycles. The Morgan fingerprint density at radius 3 is 2.58 bits per heavy atom. The van der Waals surface area contributed by atoms with Gasteiger partial charge in [0.05, 0.1) is 12.1 Å². The van der Waals surface area contributed by atoms with Gasteiger partial charge in [0.25, 0.3) is 0 Å². The summed E-state index contributed by atoms with van der Waals surface area (Å²) < 4.78 is 18.6. The fourth-order valence-electron chi connectivity index (χ4n) is 2.63. The fraction of sp³-hybridized carbons (Fsp3) is 0.250. The van der Waals surface area contributed by atoms with Crippen molar-refractivity contribution in [2.75, 3.05) is 12.4 Å². The highest BCUT2D eigenvalue weighted by atomic mass is 19.1. The van der Waals surface area contributed by atoms with E-state index in [4.69, 9.17) is 4.74 Å². The van der Waals surface area contributed by atoms with Crippen LogP contribution in [0.2, 0.25) is 0 Å². The zero-order chi connectivity index (χ0) is 13.2. The van der Waals surface area contributed by atoms with Crippen molar-refractivity contribution in [1.82, 2.24) is 0 Å². The van der Waals surface area contributed by atoms with Gasteiger partial charge in [-0.2, -0.15) is 0 Å². The van der Waals surface area contributed by atoms with Gasteiger partial charge in [-0.3, -0.25) is 0 Å². The van der Waals surface area contributed by atoms with Crippen molar-refractivity contribution in [2.45, 2.75) is 18.6 Å². The molecule has 0 aliphatic carbocycles. The maximum absolute atomic E-state index is 13.0. The van der Waals surface area contributed by atoms with E-state index in [-0.39, 0.29) is 18.0 Å². The lowest BCUT2D eigenvalue weighted by molar-refractivity contribution is 0.0879. The molecule has 0 aromatic heterocycles. The molecule has 3 rings (SSSR count). The summed E-state index contributed by atoms with van der Waals surface area (Å²) in [6.45, 7) is 0. The van der Waals surface area contributed by atoms with Crippen LogP contribution in [0.15, 0.2) is 48.5 Å². The van der Waals surface area contributed by atoms with Gasteiger partial charge >= 0.3 is 0 Å². The number of para-hydroxylation sites is 1. The van der Waals surface area contributed by atoms with Crippen molar-refractivity contribution in [2.24, 2.45) is 0 Å². The molecule has 2 atom stereocenters. The van der Waals surface area contributed by atoms with Crippen LogP contribution in [0.1, 0.15) is 29.7 Å². The molecule has 0 saturated carbocycles. The summed E-state index contributed by atoms with van der Waals surface area (Å²) in [7, 11) is 1.73. The third-order valence-corrected chi connectivity index (χ3v) is 3.64. The van der Waals surface area contributed by atoms with Crippen molar-refractivity contribution >= 4 is 5.69 Å². The molecule has 2 nitrogen and oxygen atoms in total. The van der Waals surface area contributed by atoms with Crippen molar-refractivity contribution in [3.63, 3.8) is 0 Å². The van der Waals surface area contributed by atoms with Gasteiger partial charge in [0.1, 0.15) is 5.82 Å². The van der Waals surface area contributed by atoms with E-state index in [2.05, 4.69) is 17.4 Å². The number of ether oxygens (including phenoxy) is 1. The first kappa shape index (κ1) is 12.2. The molecule has 2 aromatic carbocycles. The highest BCUT2D eigenvalue weighted by Gasteiger charge is 2.26. The summed E-state index contributed by atoms with van der Waals surface area (Å²) >= 11 is 0. The molecule has 0 bridgehead atoms. The molecule has 0 spiro atoms. The van der Waals surface area contributed by atoms with Gasteiger partial charge in [0.15, 0.2) is 0 Å². The minimum absolute atomic E-state index is 0.0764. The van der Waals surface area contributed by atoms with Crippen LogP contribution in [0.25, 0.3) is 0 Å². The molecule has 3 heteroatoms. The van der Waals surface area contributed by atoms with Gasteiger partial charge in [-0.15, -0.1) is 0 Å². The number of hydrogen-bond donors (Lipinski definition) is 1. The maximum Gasteiger partial charge on any atom is 0.123 e. The number of rotatable bonds is 2. The molecule has 0 saturated heterocycles. The van der Waals surface area contributed by atoms with Crippen LogP contribution in [0.5, 0.6) is 0 Å². The molecule has 1 N–H and O–H groups in total. The third-order valence-electron chi connectivity index (χ3n) is 3.64. The number of fused-ring (bicyclic) bond motifs is 1. The Balaban J connectivity index is 1.93. The van der Waals surface area contributed by atoms with Gasteiger partial charge < -0.3 is 10.1 Å². The molecule has 2 aromatic rings. The molecule has 1 heterocycles. The topological polar surface area (TPSA) is 21.3 Å². The molecular weight excluding hydrogens is 241 g/mol. The van der Waals surface area contributed by atoms with Gasteiger partial charge in [0, 0.05) is 24.8 Å². The molecular formula is C16H16FNO. The van der Waals surface area contributed by atoms with E-state index in [9.17, 15) is 4.39 Å². The monoisotopic (exact) mass is 257 g/mol. The molecule has 0 fully saturated rings. The van der Waals surface area contributed by atoms with Crippen LogP contribution in [-0.4, -0.2) is 7.11 Å². The molecule has 98 valence electrons. The van der Waals surface area contributed by atoms with Crippen LogP contribution in [0, 0.1) is 5.82 Å². The lowest BCUT2D eigenvalue weighted by Gasteiger charge is -2.32. The van der Waals surface area contributed by atoms with Crippen molar-refractivity contribution in [3.8, 4) is 0 Å². The molecule has 0 amide bonds. The van der Waals surface area contributed by atoms with Gasteiger partial charge in [0.2, 0.25) is 0 Å². The normalized spacial score (nSPS) is 21.6. The first-order chi connectivity index (χ1) is 9.28. The second kappa shape index (κ2) is 5.02. The molecule has 0 unspecified atom stereocenters. The Morgan fingerprint density at radius 1 is 1.11 bits per heavy atom. The van der Waals surface area contributed by atoms with Crippen LogP contribution < -0.4 is 5.32 Å². The van der Waals surface area contributed by atoms with Crippen LogP contribution in [0.3, 0.4) is 0 Å². The SMILES string of the molecule is CO[C@H]1C[C@H](c2ccc(F)cc2)Nc2ccccc21. The van der Waals surface area contributed by atoms with Crippen molar-refractivity contribution in [3.05, 3.63) is 65.5 Å². The molecule has 1 aliphatic rings. The number of halogens is 1. The molecule has 19 heavy (non-hydrogen) atoms. The quantitative estimate of drug-likeness (QED) is 0.875. The van der Waals surface area contributed by atoms with Crippen LogP contribution in [0.4, 0.5) is 10.1 Å². The van der Waals surface area contributed by atoms with E-state index < -0.39 is 0 Å². The summed E-state index contributed by atoms with van der Waals surface area (Å²) in [5.74, 6) is -0.205. The Bertz CT molecular complexity index is 567. The van der Waals surface area contributed by atoms with Crippen molar-refractivity contribution < 1.29 is 9.13 Å². The highest BCUT2D eigenvalue weighted by Crippen LogP contribution is 2.40. The first-order valence-corrected chi connectivity index (χ1v) is 6.41. The number of benzene rings is 2. The van der Waals surface area contributed by atoms with Crippen LogP contribution >= 0.6 is 0 Å². The molecule has 0 radical (unpaired) electrons. The second-order valence-corrected chi connectivity index (χ2v) is 4.80. The van der Waals surface area contributed by atoms with Gasteiger partial charge in [-0.05, 0) is 23.8 Å². The zero-order valence-corrected chi connectivity index (χ0v) is 10.8. The Morgan fingerprint density at radius 2 is 1.84 bits per heavy atom. The standard InChI is InChI=1S/C16H16FNO/c1-19-16-10-15(11-6-8-12(17)9-7-11)18-14-5-3-2-4-13(14)16/h2-9,15-16,18H,10H2,1H3/t15-,16+/m1/s1. The fourth-order valence-corrected chi connectivity index (χ4v) is 2.63. The number of methoxy groups -OCH3 is 1. The van der Waals surface area contributed by atoms with E-state index >= 15 is 0 Å². The smallest absolute Gasteiger partial charge is 0.123 e. The summed E-state index contributed by atoms with van der Waals surface area (Å²) in [6, 6.07) is 15.0. The minimum atomic E-state index is -0.205. The van der Waals surface area contributed by atoms with Gasteiger partial charge in [-0.1, -0.05) is 30.3 Å². The lowest BCUT2D eigenvalue weighted by atomic mass is 9.91. The summed E-state index contributed by atoms with van der Waals surface area (Å²) in [6.07, 6.45) is 0.923. The number of anilines is 1. The summed E-state index contributed by atoms with van der Waals surface area (Å²) in [4.78, 5) is 0. The van der Waals surface area contributed by atoms with E-state index in [0.717, 1.165) is 17.7 Å². The van der Waals surface area contributed by atoms with E-state index in [1.54, 1.807) is 7.11 Å². The number of hydrogen-bond acceptors (Lipinski definition) is 2. The van der Waals surface area contributed by atoms with E-state index in [1.807, 2.05) is 24.3 Å².